The predicted octanol–water partition coefficient (Wildman–Crippen LogP) is 4.14. The molecule has 2 fully saturated rings. The standard InChI is InChI=1S/C24H24Cl2N2O4/c25-17-7-8-18(19(26)15-17)21-20(22(29)16-5-2-1-3-6-16)23(30)24(31)28(21)10-4-9-27-11-13-32-14-12-27/h1-3,5-8,15,21,29H,4,9-14H2/t21-/m1/s1. The molecule has 32 heavy (non-hydrogen) atoms. The fraction of sp³-hybridized carbons (Fsp3) is 0.333. The Bertz CT molecular complexity index is 1040. The molecule has 1 N–H and O–H groups in total. The van der Waals surface area contributed by atoms with E-state index in [1.54, 1.807) is 42.5 Å². The number of aliphatic hydroxyl groups is 1. The van der Waals surface area contributed by atoms with Gasteiger partial charge in [0.15, 0.2) is 0 Å². The number of amides is 1. The van der Waals surface area contributed by atoms with Crippen LogP contribution in [0.15, 0.2) is 54.1 Å². The zero-order valence-corrected chi connectivity index (χ0v) is 19.0. The van der Waals surface area contributed by atoms with Crippen molar-refractivity contribution in [3.63, 3.8) is 0 Å². The van der Waals surface area contributed by atoms with Gasteiger partial charge in [-0.25, -0.2) is 0 Å². The van der Waals surface area contributed by atoms with E-state index in [1.807, 2.05) is 6.07 Å². The maximum absolute atomic E-state index is 13.1. The maximum atomic E-state index is 13.1. The lowest BCUT2D eigenvalue weighted by atomic mass is 9.95. The lowest BCUT2D eigenvalue weighted by Gasteiger charge is -2.29. The van der Waals surface area contributed by atoms with Crippen LogP contribution in [-0.2, 0) is 14.3 Å². The highest BCUT2D eigenvalue weighted by atomic mass is 35.5. The Kier molecular flexibility index (Phi) is 7.16. The first-order valence-corrected chi connectivity index (χ1v) is 11.3. The molecule has 6 nitrogen and oxygen atoms in total. The number of halogens is 2. The Hall–Kier alpha value is -2.38. The van der Waals surface area contributed by atoms with Crippen molar-refractivity contribution in [2.45, 2.75) is 12.5 Å². The average molecular weight is 475 g/mol. The molecular weight excluding hydrogens is 451 g/mol. The topological polar surface area (TPSA) is 70.1 Å². The molecule has 0 aromatic heterocycles. The van der Waals surface area contributed by atoms with E-state index in [0.717, 1.165) is 19.6 Å². The number of carbonyl (C=O) groups excluding carboxylic acids is 2. The molecule has 2 heterocycles. The minimum absolute atomic E-state index is 0.0387. The normalized spacial score (nSPS) is 21.3. The van der Waals surface area contributed by atoms with Crippen LogP contribution in [0.25, 0.3) is 5.76 Å². The molecular formula is C24H24Cl2N2O4. The molecule has 0 unspecified atom stereocenters. The van der Waals surface area contributed by atoms with E-state index in [1.165, 1.54) is 4.90 Å². The summed E-state index contributed by atoms with van der Waals surface area (Å²) >= 11 is 12.6. The number of carbonyl (C=O) groups is 2. The maximum Gasteiger partial charge on any atom is 0.295 e. The second-order valence-corrected chi connectivity index (χ2v) is 8.68. The highest BCUT2D eigenvalue weighted by Crippen LogP contribution is 2.42. The van der Waals surface area contributed by atoms with E-state index in [9.17, 15) is 14.7 Å². The third-order valence-electron chi connectivity index (χ3n) is 5.82. The lowest BCUT2D eigenvalue weighted by molar-refractivity contribution is -0.140. The van der Waals surface area contributed by atoms with Crippen molar-refractivity contribution in [2.24, 2.45) is 0 Å². The first-order valence-electron chi connectivity index (χ1n) is 10.6. The van der Waals surface area contributed by atoms with Crippen LogP contribution >= 0.6 is 23.2 Å². The number of Topliss-reactive ketones (excluding diaryl/α,β-unsaturated/α-hetero) is 1. The van der Waals surface area contributed by atoms with Gasteiger partial charge in [0.05, 0.1) is 24.8 Å². The van der Waals surface area contributed by atoms with Crippen LogP contribution < -0.4 is 0 Å². The average Bonchev–Trinajstić information content (AvgIpc) is 3.05. The highest BCUT2D eigenvalue weighted by Gasteiger charge is 2.46. The van der Waals surface area contributed by atoms with Gasteiger partial charge in [0.2, 0.25) is 0 Å². The molecule has 2 aromatic rings. The molecule has 0 spiro atoms. The predicted molar refractivity (Wildman–Crippen MR) is 124 cm³/mol. The molecule has 0 bridgehead atoms. The van der Waals surface area contributed by atoms with E-state index in [2.05, 4.69) is 4.90 Å². The van der Waals surface area contributed by atoms with Gasteiger partial charge in [0, 0.05) is 41.8 Å². The minimum atomic E-state index is -0.787. The third-order valence-corrected chi connectivity index (χ3v) is 6.38. The summed E-state index contributed by atoms with van der Waals surface area (Å²) in [6.45, 7) is 4.23. The SMILES string of the molecule is O=C1C(=O)N(CCCN2CCOCC2)[C@H](c2ccc(Cl)cc2Cl)C1=C(O)c1ccccc1. The number of ether oxygens (including phenoxy) is 1. The highest BCUT2D eigenvalue weighted by molar-refractivity contribution is 6.47. The van der Waals surface area contributed by atoms with Gasteiger partial charge in [0.1, 0.15) is 5.76 Å². The van der Waals surface area contributed by atoms with Gasteiger partial charge in [-0.3, -0.25) is 14.5 Å². The number of aliphatic hydroxyl groups excluding tert-OH is 1. The summed E-state index contributed by atoms with van der Waals surface area (Å²) in [5.41, 5.74) is 1.06. The molecule has 0 radical (unpaired) electrons. The van der Waals surface area contributed by atoms with E-state index in [0.29, 0.717) is 47.4 Å². The van der Waals surface area contributed by atoms with Crippen LogP contribution in [0.5, 0.6) is 0 Å². The van der Waals surface area contributed by atoms with Crippen molar-refractivity contribution in [3.8, 4) is 0 Å². The van der Waals surface area contributed by atoms with Gasteiger partial charge in [-0.05, 0) is 24.1 Å². The summed E-state index contributed by atoms with van der Waals surface area (Å²) in [5.74, 6) is -1.56. The Morgan fingerprint density at radius 3 is 2.44 bits per heavy atom. The summed E-state index contributed by atoms with van der Waals surface area (Å²) in [6.07, 6.45) is 0.681. The fourth-order valence-corrected chi connectivity index (χ4v) is 4.71. The Balaban J connectivity index is 1.69. The van der Waals surface area contributed by atoms with Crippen LogP contribution in [-0.4, -0.2) is 66.0 Å². The summed E-state index contributed by atoms with van der Waals surface area (Å²) in [6, 6.07) is 12.9. The van der Waals surface area contributed by atoms with Crippen LogP contribution in [0, 0.1) is 0 Å². The van der Waals surface area contributed by atoms with Gasteiger partial charge < -0.3 is 14.7 Å². The third kappa shape index (κ3) is 4.69. The van der Waals surface area contributed by atoms with Crippen LogP contribution in [0.1, 0.15) is 23.6 Å². The summed E-state index contributed by atoms with van der Waals surface area (Å²) in [7, 11) is 0. The van der Waals surface area contributed by atoms with Crippen molar-refractivity contribution in [3.05, 3.63) is 75.3 Å². The van der Waals surface area contributed by atoms with Gasteiger partial charge in [0.25, 0.3) is 11.7 Å². The molecule has 2 aliphatic heterocycles. The molecule has 2 aliphatic rings. The molecule has 168 valence electrons. The van der Waals surface area contributed by atoms with E-state index < -0.39 is 17.7 Å². The Labute approximate surface area is 197 Å². The largest absolute Gasteiger partial charge is 0.507 e. The fourth-order valence-electron chi connectivity index (χ4n) is 4.20. The molecule has 1 atom stereocenters. The summed E-state index contributed by atoms with van der Waals surface area (Å²) < 4.78 is 5.38. The van der Waals surface area contributed by atoms with Crippen molar-refractivity contribution in [2.75, 3.05) is 39.4 Å². The zero-order chi connectivity index (χ0) is 22.7. The molecule has 1 amide bonds. The molecule has 8 heteroatoms. The van der Waals surface area contributed by atoms with Gasteiger partial charge in [-0.1, -0.05) is 59.6 Å². The van der Waals surface area contributed by atoms with E-state index >= 15 is 0 Å². The minimum Gasteiger partial charge on any atom is -0.507 e. The number of morpholine rings is 1. The van der Waals surface area contributed by atoms with Crippen molar-refractivity contribution >= 4 is 40.7 Å². The first-order chi connectivity index (χ1) is 15.5. The van der Waals surface area contributed by atoms with E-state index in [4.69, 9.17) is 27.9 Å². The molecule has 2 aromatic carbocycles. The molecule has 0 aliphatic carbocycles. The van der Waals surface area contributed by atoms with Gasteiger partial charge in [-0.2, -0.15) is 0 Å². The van der Waals surface area contributed by atoms with Gasteiger partial charge in [-0.15, -0.1) is 0 Å². The smallest absolute Gasteiger partial charge is 0.295 e. The molecule has 0 saturated carbocycles. The quantitative estimate of drug-likeness (QED) is 0.387. The van der Waals surface area contributed by atoms with Crippen LogP contribution in [0.4, 0.5) is 0 Å². The number of nitrogens with zero attached hydrogens (tertiary/aromatic N) is 2. The summed E-state index contributed by atoms with van der Waals surface area (Å²) in [5, 5.41) is 11.8. The number of hydrogen-bond acceptors (Lipinski definition) is 5. The monoisotopic (exact) mass is 474 g/mol. The first kappa shape index (κ1) is 22.8. The van der Waals surface area contributed by atoms with Crippen LogP contribution in [0.3, 0.4) is 0 Å². The molecule has 2 saturated heterocycles. The van der Waals surface area contributed by atoms with Crippen molar-refractivity contribution in [1.29, 1.82) is 0 Å². The lowest BCUT2D eigenvalue weighted by Crippen LogP contribution is -2.39. The zero-order valence-electron chi connectivity index (χ0n) is 17.5. The van der Waals surface area contributed by atoms with Crippen LogP contribution in [0.2, 0.25) is 10.0 Å². The number of hydrogen-bond donors (Lipinski definition) is 1. The number of benzene rings is 2. The second kappa shape index (κ2) is 10.0. The Morgan fingerprint density at radius 1 is 1.03 bits per heavy atom. The number of likely N-dealkylation sites (tertiary alicyclic amines) is 1. The summed E-state index contributed by atoms with van der Waals surface area (Å²) in [4.78, 5) is 29.9. The van der Waals surface area contributed by atoms with E-state index in [-0.39, 0.29) is 11.3 Å². The Morgan fingerprint density at radius 2 is 1.75 bits per heavy atom. The second-order valence-electron chi connectivity index (χ2n) is 7.83. The number of ketones is 1. The van der Waals surface area contributed by atoms with Crippen molar-refractivity contribution < 1.29 is 19.4 Å². The van der Waals surface area contributed by atoms with Crippen molar-refractivity contribution in [1.82, 2.24) is 9.80 Å². The van der Waals surface area contributed by atoms with Gasteiger partial charge >= 0.3 is 0 Å². The molecule has 4 rings (SSSR count). The number of rotatable bonds is 6.